The normalized spacial score (nSPS) is 16.0. The van der Waals surface area contributed by atoms with Crippen LogP contribution in [0.1, 0.15) is 97.1 Å². The van der Waals surface area contributed by atoms with Gasteiger partial charge < -0.3 is 18.5 Å². The molecule has 1 atom stereocenters. The smallest absolute Gasteiger partial charge is 0.286 e. The summed E-state index contributed by atoms with van der Waals surface area (Å²) in [5.41, 5.74) is 3.68. The quantitative estimate of drug-likeness (QED) is 0.120. The molecule has 0 radical (unpaired) electrons. The molecule has 1 aliphatic heterocycles. The number of carbonyl (C=O) groups is 1. The number of ether oxygens (including phenoxy) is 1. The number of nitro groups is 1. The number of nitro benzene ring substituents is 1. The van der Waals surface area contributed by atoms with E-state index in [4.69, 9.17) is 13.6 Å². The number of carbonyl (C=O) groups excluding carboxylic acids is 1. The lowest BCUT2D eigenvalue weighted by Gasteiger charge is -2.42. The Hall–Kier alpha value is -2.96. The van der Waals surface area contributed by atoms with Crippen molar-refractivity contribution in [3.05, 3.63) is 69.4 Å². The van der Waals surface area contributed by atoms with Crippen LogP contribution in [0.5, 0.6) is 11.5 Å². The van der Waals surface area contributed by atoms with Crippen molar-refractivity contribution in [2.24, 2.45) is 0 Å². The SMILES string of the molecule is CCc1ccc(C2=CN(C(=O)c3cc(OC)c(O[Si](C(C)C)(C(C)C)C(C)C)cc3[N+](=O)[O-])[C@H](CO[Si](C)(C)C(C)(C)C)C2)cc1. The van der Waals surface area contributed by atoms with Crippen LogP contribution in [-0.2, 0) is 10.8 Å². The molecule has 46 heavy (non-hydrogen) atoms. The van der Waals surface area contributed by atoms with E-state index in [9.17, 15) is 14.9 Å². The molecule has 0 fully saturated rings. The van der Waals surface area contributed by atoms with E-state index in [0.717, 1.165) is 17.6 Å². The first-order chi connectivity index (χ1) is 21.3. The van der Waals surface area contributed by atoms with E-state index in [1.165, 1.54) is 24.8 Å². The van der Waals surface area contributed by atoms with E-state index in [1.807, 2.05) is 6.20 Å². The summed E-state index contributed by atoms with van der Waals surface area (Å²) >= 11 is 0. The van der Waals surface area contributed by atoms with Crippen LogP contribution in [0, 0.1) is 10.1 Å². The average molecular weight is 669 g/mol. The van der Waals surface area contributed by atoms with Gasteiger partial charge in [0.1, 0.15) is 5.56 Å². The van der Waals surface area contributed by atoms with Gasteiger partial charge in [-0.25, -0.2) is 0 Å². The van der Waals surface area contributed by atoms with Crippen LogP contribution >= 0.6 is 0 Å². The highest BCUT2D eigenvalue weighted by atomic mass is 28.4. The third-order valence-electron chi connectivity index (χ3n) is 10.3. The lowest BCUT2D eigenvalue weighted by Crippen LogP contribution is -2.50. The molecule has 0 unspecified atom stereocenters. The molecule has 0 N–H and O–H groups in total. The van der Waals surface area contributed by atoms with E-state index in [-0.39, 0.29) is 39.0 Å². The van der Waals surface area contributed by atoms with Crippen molar-refractivity contribution < 1.29 is 23.3 Å². The monoisotopic (exact) mass is 668 g/mol. The Morgan fingerprint density at radius 2 is 1.57 bits per heavy atom. The molecule has 0 aromatic heterocycles. The van der Waals surface area contributed by atoms with E-state index < -0.39 is 27.5 Å². The molecule has 8 nitrogen and oxygen atoms in total. The summed E-state index contributed by atoms with van der Waals surface area (Å²) in [4.78, 5) is 28.1. The average Bonchev–Trinajstić information content (AvgIpc) is 3.41. The summed E-state index contributed by atoms with van der Waals surface area (Å²) in [6.45, 7) is 26.3. The van der Waals surface area contributed by atoms with Gasteiger partial charge in [0.2, 0.25) is 0 Å². The maximum Gasteiger partial charge on any atom is 0.286 e. The van der Waals surface area contributed by atoms with Crippen molar-refractivity contribution >= 4 is 33.8 Å². The zero-order valence-electron chi connectivity index (χ0n) is 30.3. The molecule has 10 heteroatoms. The molecular weight excluding hydrogens is 613 g/mol. The Morgan fingerprint density at radius 3 is 2.02 bits per heavy atom. The van der Waals surface area contributed by atoms with Crippen LogP contribution in [0.15, 0.2) is 42.6 Å². The predicted molar refractivity (Wildman–Crippen MR) is 193 cm³/mol. The fraction of sp³-hybridized carbons (Fsp3) is 0.583. The van der Waals surface area contributed by atoms with Crippen molar-refractivity contribution in [2.45, 2.75) is 123 Å². The number of amides is 1. The largest absolute Gasteiger partial charge is 0.540 e. The zero-order valence-corrected chi connectivity index (χ0v) is 32.3. The lowest BCUT2D eigenvalue weighted by molar-refractivity contribution is -0.385. The van der Waals surface area contributed by atoms with Crippen LogP contribution in [0.2, 0.25) is 34.8 Å². The van der Waals surface area contributed by atoms with Gasteiger partial charge in [0.05, 0.1) is 30.7 Å². The molecule has 254 valence electrons. The summed E-state index contributed by atoms with van der Waals surface area (Å²) < 4.78 is 19.2. The molecule has 0 spiro atoms. The second-order valence-electron chi connectivity index (χ2n) is 15.0. The van der Waals surface area contributed by atoms with Crippen molar-refractivity contribution in [1.82, 2.24) is 4.90 Å². The van der Waals surface area contributed by atoms with Gasteiger partial charge in [0, 0.05) is 12.3 Å². The molecule has 2 aromatic rings. The standard InChI is InChI=1S/C36H56N2O6Si2/c1-14-27-15-17-28(18-16-27)29-19-30(23-43-45(12,13)36(8,9)10)37(22-29)35(39)31-20-33(42-11)34(21-32(31)38(40)41)44-46(24(2)3,25(4)5)26(6)7/h15-18,20-22,24-26,30H,14,19,23H2,1-13H3/t30-/m0/s1. The third-order valence-corrected chi connectivity index (χ3v) is 20.7. The highest BCUT2D eigenvalue weighted by Gasteiger charge is 2.48. The summed E-state index contributed by atoms with van der Waals surface area (Å²) in [5, 5.41) is 12.6. The van der Waals surface area contributed by atoms with Crippen molar-refractivity contribution in [1.29, 1.82) is 0 Å². The van der Waals surface area contributed by atoms with Gasteiger partial charge in [-0.1, -0.05) is 93.5 Å². The molecule has 1 amide bonds. The second kappa shape index (κ2) is 14.4. The van der Waals surface area contributed by atoms with Crippen LogP contribution in [-0.4, -0.2) is 52.1 Å². The number of hydrogen-bond donors (Lipinski definition) is 0. The number of aryl methyl sites for hydroxylation is 1. The van der Waals surface area contributed by atoms with Crippen LogP contribution in [0.25, 0.3) is 5.57 Å². The predicted octanol–water partition coefficient (Wildman–Crippen LogP) is 10.00. The van der Waals surface area contributed by atoms with Gasteiger partial charge >= 0.3 is 0 Å². The Labute approximate surface area is 278 Å². The molecule has 0 bridgehead atoms. The molecule has 1 aliphatic rings. The van der Waals surface area contributed by atoms with E-state index in [0.29, 0.717) is 24.5 Å². The van der Waals surface area contributed by atoms with E-state index in [2.05, 4.69) is 107 Å². The first-order valence-electron chi connectivity index (χ1n) is 16.6. The minimum absolute atomic E-state index is 0.00480. The third kappa shape index (κ3) is 7.60. The highest BCUT2D eigenvalue weighted by Crippen LogP contribution is 2.47. The Morgan fingerprint density at radius 1 is 1.00 bits per heavy atom. The first kappa shape index (κ1) is 37.5. The minimum Gasteiger partial charge on any atom is -0.540 e. The van der Waals surface area contributed by atoms with Gasteiger partial charge in [0.25, 0.3) is 19.9 Å². The Balaban J connectivity index is 2.13. The van der Waals surface area contributed by atoms with Crippen molar-refractivity contribution in [2.75, 3.05) is 13.7 Å². The van der Waals surface area contributed by atoms with E-state index in [1.54, 1.807) is 4.90 Å². The van der Waals surface area contributed by atoms with Crippen molar-refractivity contribution in [3.8, 4) is 11.5 Å². The number of nitrogens with zero attached hydrogens (tertiary/aromatic N) is 2. The molecular formula is C36H56N2O6Si2. The number of rotatable bonds is 13. The van der Waals surface area contributed by atoms with Crippen molar-refractivity contribution in [3.63, 3.8) is 0 Å². The number of hydrogen-bond acceptors (Lipinski definition) is 6. The first-order valence-corrected chi connectivity index (χ1v) is 21.7. The topological polar surface area (TPSA) is 91.1 Å². The van der Waals surface area contributed by atoms with Gasteiger partial charge in [-0.2, -0.15) is 0 Å². The van der Waals surface area contributed by atoms with Crippen LogP contribution in [0.4, 0.5) is 5.69 Å². The molecule has 3 rings (SSSR count). The molecule has 0 aliphatic carbocycles. The maximum atomic E-state index is 14.4. The zero-order chi connectivity index (χ0) is 34.8. The number of methoxy groups -OCH3 is 1. The summed E-state index contributed by atoms with van der Waals surface area (Å²) in [5.74, 6) is 0.182. The Kier molecular flexibility index (Phi) is 11.8. The second-order valence-corrected chi connectivity index (χ2v) is 25.2. The fourth-order valence-corrected chi connectivity index (χ4v) is 12.8. The number of benzene rings is 2. The van der Waals surface area contributed by atoms with Crippen LogP contribution in [0.3, 0.4) is 0 Å². The fourth-order valence-electron chi connectivity index (χ4n) is 6.50. The van der Waals surface area contributed by atoms with Gasteiger partial charge in [0.15, 0.2) is 19.8 Å². The summed E-state index contributed by atoms with van der Waals surface area (Å²) in [7, 11) is -3.10. The summed E-state index contributed by atoms with van der Waals surface area (Å²) in [6.07, 6.45) is 3.37. The van der Waals surface area contributed by atoms with Crippen LogP contribution < -0.4 is 9.16 Å². The van der Waals surface area contributed by atoms with Gasteiger partial charge in [-0.3, -0.25) is 14.9 Å². The molecule has 1 heterocycles. The summed E-state index contributed by atoms with van der Waals surface area (Å²) in [6, 6.07) is 10.9. The lowest BCUT2D eigenvalue weighted by atomic mass is 10.0. The van der Waals surface area contributed by atoms with Gasteiger partial charge in [-0.05, 0) is 64.3 Å². The molecule has 0 saturated carbocycles. The minimum atomic E-state index is -2.47. The van der Waals surface area contributed by atoms with Gasteiger partial charge in [-0.15, -0.1) is 0 Å². The van der Waals surface area contributed by atoms with E-state index >= 15 is 0 Å². The highest BCUT2D eigenvalue weighted by molar-refractivity contribution is 6.78. The molecule has 2 aromatic carbocycles. The maximum absolute atomic E-state index is 14.4. The Bertz CT molecular complexity index is 1410. The molecule has 0 saturated heterocycles.